The second-order valence-corrected chi connectivity index (χ2v) is 4.71. The molecule has 0 aliphatic carbocycles. The van der Waals surface area contributed by atoms with E-state index in [1.54, 1.807) is 23.1 Å². The van der Waals surface area contributed by atoms with E-state index < -0.39 is 23.8 Å². The first-order chi connectivity index (χ1) is 10.1. The van der Waals surface area contributed by atoms with Gasteiger partial charge < -0.3 is 11.5 Å². The van der Waals surface area contributed by atoms with Crippen molar-refractivity contribution in [3.05, 3.63) is 48.3 Å². The first-order valence-electron chi connectivity index (χ1n) is 6.35. The van der Waals surface area contributed by atoms with Crippen molar-refractivity contribution in [2.45, 2.75) is 12.0 Å². The number of primary amides is 2. The lowest BCUT2D eigenvalue weighted by Gasteiger charge is -2.37. The Kier molecular flexibility index (Phi) is 3.02. The largest absolute Gasteiger partial charge is 0.369 e. The summed E-state index contributed by atoms with van der Waals surface area (Å²) in [4.78, 5) is 33.7. The van der Waals surface area contributed by atoms with E-state index in [0.717, 1.165) is 0 Å². The van der Waals surface area contributed by atoms with E-state index in [-0.39, 0.29) is 0 Å². The number of aromatic nitrogens is 2. The Morgan fingerprint density at radius 2 is 1.76 bits per heavy atom. The predicted octanol–water partition coefficient (Wildman–Crippen LogP) is 0.0511. The fourth-order valence-electron chi connectivity index (χ4n) is 2.54. The van der Waals surface area contributed by atoms with E-state index in [1.807, 2.05) is 18.2 Å². The number of hydrogen-bond donors (Lipinski definition) is 2. The maximum atomic E-state index is 11.9. The van der Waals surface area contributed by atoms with Crippen molar-refractivity contribution in [3.8, 4) is 0 Å². The summed E-state index contributed by atoms with van der Waals surface area (Å²) >= 11 is 0. The van der Waals surface area contributed by atoms with Crippen LogP contribution in [0.25, 0.3) is 0 Å². The molecule has 1 aromatic carbocycles. The lowest BCUT2D eigenvalue weighted by Crippen LogP contribution is -2.53. The number of nitrogens with two attached hydrogens (primary N) is 2. The van der Waals surface area contributed by atoms with Crippen LogP contribution in [0.3, 0.4) is 0 Å². The van der Waals surface area contributed by atoms with Gasteiger partial charge >= 0.3 is 0 Å². The summed E-state index contributed by atoms with van der Waals surface area (Å²) < 4.78 is 0. The Labute approximate surface area is 120 Å². The fourth-order valence-corrected chi connectivity index (χ4v) is 2.54. The molecular formula is C14H13N5O2. The smallest absolute Gasteiger partial charge is 0.241 e. The number of fused-ring (bicyclic) bond motifs is 2. The second kappa shape index (κ2) is 4.86. The molecule has 1 aliphatic heterocycles. The van der Waals surface area contributed by atoms with Gasteiger partial charge in [-0.1, -0.05) is 18.2 Å². The van der Waals surface area contributed by atoms with E-state index in [0.29, 0.717) is 17.3 Å². The number of amides is 2. The Hall–Kier alpha value is -2.96. The number of anilines is 2. The third-order valence-electron chi connectivity index (χ3n) is 3.42. The average Bonchev–Trinajstić information content (AvgIpc) is 2.47. The summed E-state index contributed by atoms with van der Waals surface area (Å²) in [5.74, 6) is -1.89. The van der Waals surface area contributed by atoms with Crippen LogP contribution < -0.4 is 16.4 Å². The van der Waals surface area contributed by atoms with Gasteiger partial charge in [0.05, 0.1) is 5.69 Å². The van der Waals surface area contributed by atoms with Crippen LogP contribution in [-0.2, 0) is 9.59 Å². The number of benzene rings is 1. The third kappa shape index (κ3) is 2.08. The van der Waals surface area contributed by atoms with E-state index in [9.17, 15) is 9.59 Å². The van der Waals surface area contributed by atoms with Crippen molar-refractivity contribution in [2.24, 2.45) is 11.5 Å². The highest BCUT2D eigenvalue weighted by Gasteiger charge is 2.43. The number of carbonyl (C=O) groups is 2. The average molecular weight is 283 g/mol. The van der Waals surface area contributed by atoms with Gasteiger partial charge in [-0.25, -0.2) is 9.97 Å². The highest BCUT2D eigenvalue weighted by Crippen LogP contribution is 2.35. The third-order valence-corrected chi connectivity index (χ3v) is 3.42. The van der Waals surface area contributed by atoms with E-state index in [2.05, 4.69) is 9.97 Å². The van der Waals surface area contributed by atoms with Crippen molar-refractivity contribution in [1.29, 1.82) is 0 Å². The minimum Gasteiger partial charge on any atom is -0.369 e. The highest BCUT2D eigenvalue weighted by molar-refractivity contribution is 5.96. The van der Waals surface area contributed by atoms with Crippen molar-refractivity contribution in [3.63, 3.8) is 0 Å². The predicted molar refractivity (Wildman–Crippen MR) is 75.5 cm³/mol. The van der Waals surface area contributed by atoms with E-state index >= 15 is 0 Å². The van der Waals surface area contributed by atoms with Gasteiger partial charge in [0.1, 0.15) is 12.0 Å². The summed E-state index contributed by atoms with van der Waals surface area (Å²) in [6.45, 7) is 0. The monoisotopic (exact) mass is 283 g/mol. The summed E-state index contributed by atoms with van der Waals surface area (Å²) in [6.07, 6.45) is 1.53. The van der Waals surface area contributed by atoms with Gasteiger partial charge in [-0.3, -0.25) is 14.5 Å². The van der Waals surface area contributed by atoms with Gasteiger partial charge in [0.25, 0.3) is 0 Å². The topological polar surface area (TPSA) is 115 Å². The Bertz CT molecular complexity index is 704. The van der Waals surface area contributed by atoms with Crippen molar-refractivity contribution < 1.29 is 9.59 Å². The molecule has 7 heteroatoms. The molecular weight excluding hydrogens is 270 g/mol. The van der Waals surface area contributed by atoms with Crippen molar-refractivity contribution in [1.82, 2.24) is 9.97 Å². The molecule has 0 spiro atoms. The zero-order chi connectivity index (χ0) is 15.0. The van der Waals surface area contributed by atoms with Gasteiger partial charge in [0.2, 0.25) is 17.8 Å². The van der Waals surface area contributed by atoms with Crippen LogP contribution in [0.1, 0.15) is 11.6 Å². The van der Waals surface area contributed by atoms with Crippen molar-refractivity contribution in [2.75, 3.05) is 4.90 Å². The molecule has 2 aromatic rings. The van der Waals surface area contributed by atoms with Crippen LogP contribution in [0, 0.1) is 0 Å². The summed E-state index contributed by atoms with van der Waals surface area (Å²) in [6, 6.07) is 9.66. The molecule has 2 atom stereocenters. The molecule has 3 rings (SSSR count). The number of rotatable bonds is 3. The number of carbonyl (C=O) groups excluding carboxylic acids is 2. The molecule has 1 aliphatic rings. The van der Waals surface area contributed by atoms with Gasteiger partial charge in [-0.2, -0.15) is 0 Å². The molecule has 2 bridgehead atoms. The molecule has 0 radical (unpaired) electrons. The second-order valence-electron chi connectivity index (χ2n) is 4.71. The quantitative estimate of drug-likeness (QED) is 0.825. The summed E-state index contributed by atoms with van der Waals surface area (Å²) in [5.41, 5.74) is 12.0. The maximum Gasteiger partial charge on any atom is 0.241 e. The molecule has 0 fully saturated rings. The van der Waals surface area contributed by atoms with Gasteiger partial charge in [-0.05, 0) is 18.2 Å². The Balaban J connectivity index is 2.21. The van der Waals surface area contributed by atoms with Gasteiger partial charge in [0.15, 0.2) is 0 Å². The molecule has 2 heterocycles. The summed E-state index contributed by atoms with van der Waals surface area (Å²) in [7, 11) is 0. The van der Waals surface area contributed by atoms with Gasteiger partial charge in [-0.15, -0.1) is 0 Å². The van der Waals surface area contributed by atoms with E-state index in [1.165, 1.54) is 6.20 Å². The number of hydrogen-bond acceptors (Lipinski definition) is 5. The van der Waals surface area contributed by atoms with Crippen LogP contribution in [-0.4, -0.2) is 27.8 Å². The van der Waals surface area contributed by atoms with Crippen LogP contribution in [0.4, 0.5) is 11.6 Å². The number of nitrogens with zero attached hydrogens (tertiary/aromatic N) is 3. The first kappa shape index (κ1) is 13.0. The van der Waals surface area contributed by atoms with Crippen LogP contribution >= 0.6 is 0 Å². The minimum atomic E-state index is -0.943. The highest BCUT2D eigenvalue weighted by atomic mass is 16.2. The van der Waals surface area contributed by atoms with Crippen LogP contribution in [0.15, 0.2) is 42.6 Å². The molecule has 106 valence electrons. The molecule has 0 saturated carbocycles. The normalized spacial score (nSPS) is 20.1. The number of para-hydroxylation sites is 1. The Morgan fingerprint density at radius 3 is 2.38 bits per heavy atom. The zero-order valence-corrected chi connectivity index (χ0v) is 11.0. The fraction of sp³-hybridized carbons (Fsp3) is 0.143. The maximum absolute atomic E-state index is 11.9. The van der Waals surface area contributed by atoms with Crippen LogP contribution in [0.5, 0.6) is 0 Å². The molecule has 2 amide bonds. The van der Waals surface area contributed by atoms with Crippen LogP contribution in [0.2, 0.25) is 0 Å². The first-order valence-corrected chi connectivity index (χ1v) is 6.35. The molecule has 21 heavy (non-hydrogen) atoms. The Morgan fingerprint density at radius 1 is 1.05 bits per heavy atom. The molecule has 1 aromatic heterocycles. The van der Waals surface area contributed by atoms with E-state index in [4.69, 9.17) is 11.5 Å². The minimum absolute atomic E-state index is 0.319. The SMILES string of the molecule is NC(=O)C1c2ccnc(n2)N(c2ccccc2)C1C(N)=O. The summed E-state index contributed by atoms with van der Waals surface area (Å²) in [5, 5.41) is 0. The standard InChI is InChI=1S/C14H13N5O2/c15-12(20)10-9-6-7-17-14(18-9)19(11(10)13(16)21)8-4-2-1-3-5-8/h1-7,10-11H,(H2,15,20)(H2,16,21). The zero-order valence-electron chi connectivity index (χ0n) is 11.0. The lowest BCUT2D eigenvalue weighted by molar-refractivity contribution is -0.126. The van der Waals surface area contributed by atoms with Gasteiger partial charge in [0, 0.05) is 11.9 Å². The molecule has 4 N–H and O–H groups in total. The molecule has 7 nitrogen and oxygen atoms in total. The molecule has 2 unspecified atom stereocenters. The molecule has 0 saturated heterocycles. The lowest BCUT2D eigenvalue weighted by atomic mass is 9.91. The van der Waals surface area contributed by atoms with Crippen molar-refractivity contribution >= 4 is 23.5 Å².